The second kappa shape index (κ2) is 6.51. The number of benzene rings is 1. The molecule has 0 saturated carbocycles. The Morgan fingerprint density at radius 1 is 1.53 bits per heavy atom. The topological polar surface area (TPSA) is 88.1 Å². The van der Waals surface area contributed by atoms with Gasteiger partial charge in [-0.2, -0.15) is 5.26 Å². The molecule has 0 aliphatic heterocycles. The Morgan fingerprint density at radius 3 is 2.71 bits per heavy atom. The number of hydrogen-bond acceptors (Lipinski definition) is 4. The van der Waals surface area contributed by atoms with Crippen molar-refractivity contribution in [3.63, 3.8) is 0 Å². The number of amides is 1. The minimum absolute atomic E-state index is 0.124. The minimum Gasteiger partial charge on any atom is -0.448 e. The Kier molecular flexibility index (Phi) is 4.98. The van der Waals surface area contributed by atoms with Gasteiger partial charge in [0.25, 0.3) is 0 Å². The third kappa shape index (κ3) is 4.53. The van der Waals surface area contributed by atoms with Crippen LogP contribution in [0.15, 0.2) is 24.3 Å². The van der Waals surface area contributed by atoms with Crippen molar-refractivity contribution in [1.29, 1.82) is 5.26 Å². The van der Waals surface area contributed by atoms with Gasteiger partial charge in [0.1, 0.15) is 6.61 Å². The summed E-state index contributed by atoms with van der Waals surface area (Å²) in [6, 6.07) is 9.52. The summed E-state index contributed by atoms with van der Waals surface area (Å²) in [7, 11) is 0. The summed E-state index contributed by atoms with van der Waals surface area (Å²) in [5.74, 6) is 0. The zero-order valence-electron chi connectivity index (χ0n) is 9.64. The molecule has 1 unspecified atom stereocenters. The number of nitrogens with zero attached hydrogens (tertiary/aromatic N) is 1. The van der Waals surface area contributed by atoms with Gasteiger partial charge in [0, 0.05) is 12.6 Å². The largest absolute Gasteiger partial charge is 0.448 e. The maximum Gasteiger partial charge on any atom is 0.404 e. The molecule has 1 rings (SSSR count). The van der Waals surface area contributed by atoms with Crippen molar-refractivity contribution in [2.75, 3.05) is 13.2 Å². The van der Waals surface area contributed by atoms with Crippen LogP contribution in [0.2, 0.25) is 0 Å². The molecule has 5 heteroatoms. The van der Waals surface area contributed by atoms with Crippen molar-refractivity contribution in [2.24, 2.45) is 5.73 Å². The number of carbonyl (C=O) groups excluding carboxylic acids is 1. The molecule has 90 valence electrons. The fraction of sp³-hybridized carbons (Fsp3) is 0.333. The van der Waals surface area contributed by atoms with Crippen LogP contribution >= 0.6 is 0 Å². The Bertz CT molecular complexity index is 409. The number of nitriles is 1. The Labute approximate surface area is 100 Å². The Morgan fingerprint density at radius 2 is 2.18 bits per heavy atom. The summed E-state index contributed by atoms with van der Waals surface area (Å²) in [4.78, 5) is 10.3. The Balaban J connectivity index is 2.39. The fourth-order valence-corrected chi connectivity index (χ4v) is 1.39. The predicted octanol–water partition coefficient (Wildman–Crippen LogP) is 1.30. The first kappa shape index (κ1) is 13.0. The molecule has 1 aromatic carbocycles. The highest BCUT2D eigenvalue weighted by molar-refractivity contribution is 5.64. The van der Waals surface area contributed by atoms with Gasteiger partial charge in [-0.1, -0.05) is 12.1 Å². The summed E-state index contributed by atoms with van der Waals surface area (Å²) < 4.78 is 4.60. The van der Waals surface area contributed by atoms with E-state index in [0.717, 1.165) is 5.56 Å². The van der Waals surface area contributed by atoms with Gasteiger partial charge < -0.3 is 15.8 Å². The monoisotopic (exact) mass is 233 g/mol. The number of nitrogens with two attached hydrogens (primary N) is 1. The van der Waals surface area contributed by atoms with Crippen molar-refractivity contribution >= 4 is 6.09 Å². The van der Waals surface area contributed by atoms with Crippen LogP contribution in [0.25, 0.3) is 0 Å². The molecule has 17 heavy (non-hydrogen) atoms. The first-order valence-electron chi connectivity index (χ1n) is 5.29. The van der Waals surface area contributed by atoms with Crippen LogP contribution in [0.4, 0.5) is 4.79 Å². The van der Waals surface area contributed by atoms with Crippen LogP contribution in [0.5, 0.6) is 0 Å². The normalized spacial score (nSPS) is 11.5. The van der Waals surface area contributed by atoms with Crippen LogP contribution in [0.3, 0.4) is 0 Å². The van der Waals surface area contributed by atoms with E-state index in [1.165, 1.54) is 0 Å². The van der Waals surface area contributed by atoms with Gasteiger partial charge in [0.2, 0.25) is 0 Å². The van der Waals surface area contributed by atoms with Crippen LogP contribution in [0.1, 0.15) is 24.1 Å². The molecule has 1 aromatic rings. The van der Waals surface area contributed by atoms with Gasteiger partial charge in [-0.3, -0.25) is 0 Å². The first-order chi connectivity index (χ1) is 8.13. The molecule has 1 amide bonds. The first-order valence-corrected chi connectivity index (χ1v) is 5.29. The zero-order chi connectivity index (χ0) is 12.7. The van der Waals surface area contributed by atoms with E-state index in [1.807, 2.05) is 19.1 Å². The van der Waals surface area contributed by atoms with Crippen molar-refractivity contribution in [3.05, 3.63) is 35.4 Å². The molecule has 1 atom stereocenters. The van der Waals surface area contributed by atoms with Gasteiger partial charge in [-0.25, -0.2) is 4.79 Å². The molecule has 0 spiro atoms. The number of rotatable bonds is 5. The van der Waals surface area contributed by atoms with Crippen molar-refractivity contribution in [2.45, 2.75) is 13.0 Å². The summed E-state index contributed by atoms with van der Waals surface area (Å²) in [6.45, 7) is 2.77. The van der Waals surface area contributed by atoms with Crippen LogP contribution in [-0.4, -0.2) is 19.2 Å². The lowest BCUT2D eigenvalue weighted by atomic mass is 10.1. The van der Waals surface area contributed by atoms with Crippen LogP contribution < -0.4 is 11.1 Å². The molecule has 0 aliphatic rings. The molecular weight excluding hydrogens is 218 g/mol. The number of carbonyl (C=O) groups is 1. The maximum absolute atomic E-state index is 10.3. The maximum atomic E-state index is 10.3. The van der Waals surface area contributed by atoms with E-state index < -0.39 is 6.09 Å². The third-order valence-corrected chi connectivity index (χ3v) is 2.34. The minimum atomic E-state index is -0.766. The van der Waals surface area contributed by atoms with Crippen LogP contribution in [-0.2, 0) is 4.74 Å². The fourth-order valence-electron chi connectivity index (χ4n) is 1.39. The highest BCUT2D eigenvalue weighted by atomic mass is 16.5. The molecule has 3 N–H and O–H groups in total. The summed E-state index contributed by atoms with van der Waals surface area (Å²) >= 11 is 0. The van der Waals surface area contributed by atoms with E-state index in [0.29, 0.717) is 12.1 Å². The lowest BCUT2D eigenvalue weighted by molar-refractivity contribution is 0.156. The second-order valence-electron chi connectivity index (χ2n) is 3.58. The molecule has 0 heterocycles. The number of primary amides is 1. The molecule has 0 radical (unpaired) electrons. The SMILES string of the molecule is CC(NCCOC(N)=O)c1ccc(C#N)cc1. The van der Waals surface area contributed by atoms with Crippen molar-refractivity contribution in [1.82, 2.24) is 5.32 Å². The zero-order valence-corrected chi connectivity index (χ0v) is 9.64. The predicted molar refractivity (Wildman–Crippen MR) is 63.1 cm³/mol. The van der Waals surface area contributed by atoms with Gasteiger partial charge in [-0.15, -0.1) is 0 Å². The van der Waals surface area contributed by atoms with Gasteiger partial charge >= 0.3 is 6.09 Å². The summed E-state index contributed by atoms with van der Waals surface area (Å²) in [6.07, 6.45) is -0.766. The molecule has 0 aliphatic carbocycles. The smallest absolute Gasteiger partial charge is 0.404 e. The Hall–Kier alpha value is -2.06. The number of hydrogen-bond donors (Lipinski definition) is 2. The van der Waals surface area contributed by atoms with Crippen molar-refractivity contribution < 1.29 is 9.53 Å². The molecular formula is C12H15N3O2. The third-order valence-electron chi connectivity index (χ3n) is 2.34. The van der Waals surface area contributed by atoms with Crippen LogP contribution in [0, 0.1) is 11.3 Å². The van der Waals surface area contributed by atoms with Crippen molar-refractivity contribution in [3.8, 4) is 6.07 Å². The van der Waals surface area contributed by atoms with E-state index in [-0.39, 0.29) is 12.6 Å². The molecule has 0 fully saturated rings. The van der Waals surface area contributed by atoms with Gasteiger partial charge in [-0.05, 0) is 24.6 Å². The average Bonchev–Trinajstić information content (AvgIpc) is 2.34. The van der Waals surface area contributed by atoms with E-state index in [4.69, 9.17) is 11.0 Å². The lowest BCUT2D eigenvalue weighted by Crippen LogP contribution is -2.25. The standard InChI is InChI=1S/C12H15N3O2/c1-9(15-6-7-17-12(14)16)11-4-2-10(8-13)3-5-11/h2-5,9,15H,6-7H2,1H3,(H2,14,16). The van der Waals surface area contributed by atoms with E-state index in [1.54, 1.807) is 12.1 Å². The second-order valence-corrected chi connectivity index (χ2v) is 3.58. The summed E-state index contributed by atoms with van der Waals surface area (Å²) in [5.41, 5.74) is 6.54. The molecule has 0 saturated heterocycles. The van der Waals surface area contributed by atoms with Gasteiger partial charge in [0.05, 0.1) is 11.6 Å². The summed E-state index contributed by atoms with van der Waals surface area (Å²) in [5, 5.41) is 11.8. The van der Waals surface area contributed by atoms with E-state index in [2.05, 4.69) is 16.1 Å². The average molecular weight is 233 g/mol. The molecule has 0 aromatic heterocycles. The quantitative estimate of drug-likeness (QED) is 0.750. The van der Waals surface area contributed by atoms with Gasteiger partial charge in [0.15, 0.2) is 0 Å². The van der Waals surface area contributed by atoms with E-state index in [9.17, 15) is 4.79 Å². The highest BCUT2D eigenvalue weighted by Gasteiger charge is 2.04. The highest BCUT2D eigenvalue weighted by Crippen LogP contribution is 2.12. The lowest BCUT2D eigenvalue weighted by Gasteiger charge is -2.13. The number of nitrogens with one attached hydrogen (secondary N) is 1. The molecule has 5 nitrogen and oxygen atoms in total. The molecule has 0 bridgehead atoms. The number of ether oxygens (including phenoxy) is 1. The van der Waals surface area contributed by atoms with E-state index >= 15 is 0 Å².